The summed E-state index contributed by atoms with van der Waals surface area (Å²) in [4.78, 5) is 0. The summed E-state index contributed by atoms with van der Waals surface area (Å²) in [6.45, 7) is 13.7. The zero-order chi connectivity index (χ0) is 25.1. The third-order valence-electron chi connectivity index (χ3n) is 11.6. The summed E-state index contributed by atoms with van der Waals surface area (Å²) >= 11 is 0. The fourth-order valence-corrected chi connectivity index (χ4v) is 10.3. The first kappa shape index (κ1) is 26.9. The highest BCUT2D eigenvalue weighted by atomic mass is 32.3. The van der Waals surface area contributed by atoms with Crippen molar-refractivity contribution < 1.29 is 22.3 Å². The number of rotatable bonds is 7. The first-order valence-electron chi connectivity index (χ1n) is 14.1. The number of aliphatic hydroxyl groups is 1. The van der Waals surface area contributed by atoms with Gasteiger partial charge in [-0.2, -0.15) is 8.42 Å². The summed E-state index contributed by atoms with van der Waals surface area (Å²) in [6, 6.07) is 0. The Kier molecular flexibility index (Phi) is 7.60. The molecule has 34 heavy (non-hydrogen) atoms. The van der Waals surface area contributed by atoms with E-state index in [-0.39, 0.29) is 17.4 Å². The van der Waals surface area contributed by atoms with Crippen LogP contribution in [0.2, 0.25) is 0 Å². The predicted octanol–water partition coefficient (Wildman–Crippen LogP) is 6.51. The van der Waals surface area contributed by atoms with Crippen LogP contribution >= 0.6 is 0 Å². The lowest BCUT2D eigenvalue weighted by molar-refractivity contribution is -0.168. The topological polar surface area (TPSA) is 83.8 Å². The van der Waals surface area contributed by atoms with Crippen molar-refractivity contribution >= 4 is 10.4 Å². The molecule has 0 aromatic rings. The molecule has 11 atom stereocenters. The molecule has 6 heteroatoms. The van der Waals surface area contributed by atoms with Gasteiger partial charge in [-0.25, -0.2) is 4.18 Å². The van der Waals surface area contributed by atoms with Gasteiger partial charge in [0.1, 0.15) is 0 Å². The molecule has 0 aromatic carbocycles. The minimum atomic E-state index is -4.43. The van der Waals surface area contributed by atoms with Crippen LogP contribution in [0.4, 0.5) is 0 Å². The monoisotopic (exact) mass is 498 g/mol. The van der Waals surface area contributed by atoms with Gasteiger partial charge in [0, 0.05) is 0 Å². The molecule has 4 aliphatic rings. The smallest absolute Gasteiger partial charge is 0.393 e. The molecule has 4 aliphatic carbocycles. The molecule has 0 aromatic heterocycles. The van der Waals surface area contributed by atoms with Gasteiger partial charge in [-0.1, -0.05) is 48.0 Å². The van der Waals surface area contributed by atoms with Crippen molar-refractivity contribution in [3.8, 4) is 0 Å². The Morgan fingerprint density at radius 2 is 1.59 bits per heavy atom. The standard InChI is InChI=1S/C28H50O5S/c1-17(2)25(33-34(30,31)32)10-7-19(4)21-8-9-22-26-23(12-14-28(21,22)6)27(5)13-11-18(3)15-20(27)16-24(26)29/h17-26,29H,7-16H2,1-6H3,(H,30,31,32)/t18-,19+,20+,21?,22?,23?,24+,25?,26?,27-,28+/m0/s1. The normalized spacial score (nSPS) is 46.4. The average Bonchev–Trinajstić information content (AvgIpc) is 3.08. The van der Waals surface area contributed by atoms with Crippen molar-refractivity contribution in [3.63, 3.8) is 0 Å². The lowest BCUT2D eigenvalue weighted by Crippen LogP contribution is -2.58. The van der Waals surface area contributed by atoms with Crippen LogP contribution in [0.15, 0.2) is 0 Å². The molecule has 2 N–H and O–H groups in total. The molecule has 4 fully saturated rings. The van der Waals surface area contributed by atoms with E-state index in [1.54, 1.807) is 0 Å². The van der Waals surface area contributed by atoms with E-state index in [0.717, 1.165) is 18.8 Å². The molecule has 5 unspecified atom stereocenters. The van der Waals surface area contributed by atoms with Crippen LogP contribution in [0, 0.1) is 58.2 Å². The third-order valence-corrected chi connectivity index (χ3v) is 12.1. The molecule has 0 radical (unpaired) electrons. The van der Waals surface area contributed by atoms with Gasteiger partial charge in [0.15, 0.2) is 0 Å². The Bertz CT molecular complexity index is 827. The summed E-state index contributed by atoms with van der Waals surface area (Å²) in [5, 5.41) is 11.5. The van der Waals surface area contributed by atoms with Gasteiger partial charge < -0.3 is 5.11 Å². The molecule has 0 amide bonds. The van der Waals surface area contributed by atoms with Gasteiger partial charge in [-0.15, -0.1) is 0 Å². The van der Waals surface area contributed by atoms with Crippen molar-refractivity contribution in [3.05, 3.63) is 0 Å². The summed E-state index contributed by atoms with van der Waals surface area (Å²) in [5.41, 5.74) is 0.656. The first-order valence-corrected chi connectivity index (χ1v) is 15.5. The number of hydrogen-bond acceptors (Lipinski definition) is 4. The Hall–Kier alpha value is -0.170. The van der Waals surface area contributed by atoms with Gasteiger partial charge in [0.2, 0.25) is 0 Å². The number of hydrogen-bond donors (Lipinski definition) is 2. The van der Waals surface area contributed by atoms with E-state index in [4.69, 9.17) is 4.18 Å². The van der Waals surface area contributed by atoms with Crippen LogP contribution < -0.4 is 0 Å². The van der Waals surface area contributed by atoms with Crippen LogP contribution in [-0.4, -0.2) is 30.3 Å². The van der Waals surface area contributed by atoms with Crippen LogP contribution in [0.1, 0.15) is 106 Å². The highest BCUT2D eigenvalue weighted by Gasteiger charge is 2.62. The van der Waals surface area contributed by atoms with Gasteiger partial charge >= 0.3 is 10.4 Å². The van der Waals surface area contributed by atoms with Crippen LogP contribution in [0.25, 0.3) is 0 Å². The minimum Gasteiger partial charge on any atom is -0.393 e. The summed E-state index contributed by atoms with van der Waals surface area (Å²) in [5.74, 6) is 4.28. The molecule has 0 saturated heterocycles. The zero-order valence-corrected chi connectivity index (χ0v) is 23.2. The van der Waals surface area contributed by atoms with Gasteiger partial charge in [0.25, 0.3) is 0 Å². The van der Waals surface area contributed by atoms with Gasteiger partial charge in [-0.05, 0) is 116 Å². The molecule has 198 valence electrons. The largest absolute Gasteiger partial charge is 0.397 e. The second-order valence-electron chi connectivity index (χ2n) is 13.8. The van der Waals surface area contributed by atoms with E-state index < -0.39 is 16.5 Å². The van der Waals surface area contributed by atoms with Crippen molar-refractivity contribution in [1.29, 1.82) is 0 Å². The maximum Gasteiger partial charge on any atom is 0.397 e. The van der Waals surface area contributed by atoms with Crippen molar-refractivity contribution in [1.82, 2.24) is 0 Å². The van der Waals surface area contributed by atoms with E-state index in [0.29, 0.717) is 47.3 Å². The SMILES string of the molecule is CC(C)C(CC[C@@H](C)C1CCC2C3C(CC[C@@]21C)[C@@]1(C)CC[C@H](C)C[C@@H]1C[C@H]3O)OS(=O)(=O)O. The predicted molar refractivity (Wildman–Crippen MR) is 135 cm³/mol. The second kappa shape index (κ2) is 9.61. The average molecular weight is 499 g/mol. The first-order chi connectivity index (χ1) is 15.8. The third kappa shape index (κ3) is 4.87. The highest BCUT2D eigenvalue weighted by Crippen LogP contribution is 2.68. The molecule has 0 bridgehead atoms. The molecule has 5 nitrogen and oxygen atoms in total. The molecular weight excluding hydrogens is 448 g/mol. The summed E-state index contributed by atoms with van der Waals surface area (Å²) in [6.07, 6.45) is 10.8. The van der Waals surface area contributed by atoms with Crippen molar-refractivity contribution in [2.24, 2.45) is 58.2 Å². The maximum absolute atomic E-state index is 11.5. The fraction of sp³-hybridized carbons (Fsp3) is 1.00. The van der Waals surface area contributed by atoms with Crippen molar-refractivity contribution in [2.75, 3.05) is 0 Å². The summed E-state index contributed by atoms with van der Waals surface area (Å²) < 4.78 is 36.8. The summed E-state index contributed by atoms with van der Waals surface area (Å²) in [7, 11) is -4.43. The fourth-order valence-electron chi connectivity index (χ4n) is 9.69. The Balaban J connectivity index is 1.47. The van der Waals surface area contributed by atoms with Gasteiger partial charge in [0.05, 0.1) is 12.2 Å². The maximum atomic E-state index is 11.5. The molecule has 0 aliphatic heterocycles. The lowest BCUT2D eigenvalue weighted by atomic mass is 9.43. The van der Waals surface area contributed by atoms with E-state index in [9.17, 15) is 18.1 Å². The van der Waals surface area contributed by atoms with E-state index in [1.165, 1.54) is 44.9 Å². The van der Waals surface area contributed by atoms with Gasteiger partial charge in [-0.3, -0.25) is 4.55 Å². The molecule has 0 heterocycles. The van der Waals surface area contributed by atoms with E-state index in [2.05, 4.69) is 27.7 Å². The molecule has 4 rings (SSSR count). The van der Waals surface area contributed by atoms with Crippen molar-refractivity contribution in [2.45, 2.75) is 118 Å². The Labute approximate surface area is 208 Å². The molecule has 0 spiro atoms. The van der Waals surface area contributed by atoms with Crippen LogP contribution in [0.5, 0.6) is 0 Å². The highest BCUT2D eigenvalue weighted by molar-refractivity contribution is 7.80. The lowest BCUT2D eigenvalue weighted by Gasteiger charge is -2.62. The minimum absolute atomic E-state index is 0.0285. The molecular formula is C28H50O5S. The quantitative estimate of drug-likeness (QED) is 0.391. The number of aliphatic hydroxyl groups excluding tert-OH is 1. The molecule has 4 saturated carbocycles. The van der Waals surface area contributed by atoms with E-state index >= 15 is 0 Å². The Morgan fingerprint density at radius 3 is 2.24 bits per heavy atom. The van der Waals surface area contributed by atoms with Crippen LogP contribution in [0.3, 0.4) is 0 Å². The van der Waals surface area contributed by atoms with Crippen LogP contribution in [-0.2, 0) is 14.6 Å². The number of fused-ring (bicyclic) bond motifs is 5. The Morgan fingerprint density at radius 1 is 0.941 bits per heavy atom. The second-order valence-corrected chi connectivity index (χ2v) is 14.8. The zero-order valence-electron chi connectivity index (χ0n) is 22.4. The van der Waals surface area contributed by atoms with E-state index in [1.807, 2.05) is 13.8 Å².